The normalized spacial score (nSPS) is 13.4. The van der Waals surface area contributed by atoms with Crippen LogP contribution in [0.4, 0.5) is 10.1 Å². The Hall–Kier alpha value is -2.96. The fourth-order valence-corrected chi connectivity index (χ4v) is 2.69. The molecule has 0 spiro atoms. The van der Waals surface area contributed by atoms with Gasteiger partial charge < -0.3 is 9.64 Å². The van der Waals surface area contributed by atoms with Crippen LogP contribution in [-0.2, 0) is 6.54 Å². The third-order valence-electron chi connectivity index (χ3n) is 4.17. The van der Waals surface area contributed by atoms with Gasteiger partial charge in [-0.3, -0.25) is 14.9 Å². The fourth-order valence-electron chi connectivity index (χ4n) is 2.69. The molecule has 0 saturated heterocycles. The molecule has 1 aliphatic rings. The van der Waals surface area contributed by atoms with Crippen LogP contribution in [-0.4, -0.2) is 28.9 Å². The molecule has 2 aromatic carbocycles. The number of halogens is 1. The summed E-state index contributed by atoms with van der Waals surface area (Å²) < 4.78 is 18.9. The molecule has 0 aromatic heterocycles. The maximum Gasteiger partial charge on any atom is 0.311 e. The number of carbonyl (C=O) groups is 1. The molecule has 1 aliphatic carbocycles. The first-order valence-corrected chi connectivity index (χ1v) is 7.88. The number of nitro benzene ring substituents is 1. The smallest absolute Gasteiger partial charge is 0.311 e. The Kier molecular flexibility index (Phi) is 4.65. The molecule has 7 heteroatoms. The summed E-state index contributed by atoms with van der Waals surface area (Å²) in [6.07, 6.45) is 1.69. The highest BCUT2D eigenvalue weighted by Crippen LogP contribution is 2.32. The number of nitro groups is 1. The van der Waals surface area contributed by atoms with E-state index in [4.69, 9.17) is 4.74 Å². The first-order valence-electron chi connectivity index (χ1n) is 7.88. The third-order valence-corrected chi connectivity index (χ3v) is 4.17. The first kappa shape index (κ1) is 16.9. The summed E-state index contributed by atoms with van der Waals surface area (Å²) in [6.45, 7) is 0.135. The number of hydrogen-bond donors (Lipinski definition) is 0. The van der Waals surface area contributed by atoms with Gasteiger partial charge in [0.15, 0.2) is 5.75 Å². The van der Waals surface area contributed by atoms with Crippen LogP contribution in [0.2, 0.25) is 0 Å². The second-order valence-corrected chi connectivity index (χ2v) is 5.90. The van der Waals surface area contributed by atoms with Gasteiger partial charge in [0.2, 0.25) is 0 Å². The van der Waals surface area contributed by atoms with Gasteiger partial charge in [-0.1, -0.05) is 18.2 Å². The maximum atomic E-state index is 13.9. The van der Waals surface area contributed by atoms with Crippen molar-refractivity contribution in [3.05, 3.63) is 69.5 Å². The number of hydrogen-bond acceptors (Lipinski definition) is 4. The number of carbonyl (C=O) groups excluding carboxylic acids is 1. The highest BCUT2D eigenvalue weighted by molar-refractivity contribution is 5.95. The lowest BCUT2D eigenvalue weighted by molar-refractivity contribution is -0.385. The van der Waals surface area contributed by atoms with Crippen LogP contribution in [0.15, 0.2) is 42.5 Å². The molecule has 0 heterocycles. The van der Waals surface area contributed by atoms with Gasteiger partial charge in [-0.15, -0.1) is 0 Å². The van der Waals surface area contributed by atoms with E-state index in [1.165, 1.54) is 31.4 Å². The summed E-state index contributed by atoms with van der Waals surface area (Å²) in [5.41, 5.74) is 0.344. The molecule has 0 N–H and O–H groups in total. The Morgan fingerprint density at radius 3 is 2.64 bits per heavy atom. The van der Waals surface area contributed by atoms with E-state index >= 15 is 0 Å². The number of methoxy groups -OCH3 is 1. The van der Waals surface area contributed by atoms with E-state index in [0.717, 1.165) is 12.8 Å². The van der Waals surface area contributed by atoms with Crippen LogP contribution in [0.25, 0.3) is 0 Å². The molecule has 130 valence electrons. The standard InChI is InChI=1S/C18H17FN2O4/c1-25-17-9-6-12(10-16(17)21(23)24)18(22)20(14-7-8-14)11-13-4-2-3-5-15(13)19/h2-6,9-10,14H,7-8,11H2,1H3. The third kappa shape index (κ3) is 3.60. The van der Waals surface area contributed by atoms with Crippen LogP contribution in [0.3, 0.4) is 0 Å². The molecule has 25 heavy (non-hydrogen) atoms. The Labute approximate surface area is 144 Å². The number of nitrogens with zero attached hydrogens (tertiary/aromatic N) is 2. The average Bonchev–Trinajstić information content (AvgIpc) is 3.44. The van der Waals surface area contributed by atoms with Gasteiger partial charge in [0, 0.05) is 29.8 Å². The lowest BCUT2D eigenvalue weighted by Crippen LogP contribution is -2.33. The molecule has 3 rings (SSSR count). The Bertz CT molecular complexity index is 820. The summed E-state index contributed by atoms with van der Waals surface area (Å²) in [5, 5.41) is 11.2. The SMILES string of the molecule is COc1ccc(C(=O)N(Cc2ccccc2F)C2CC2)cc1[N+](=O)[O-]. The molecule has 0 unspecified atom stereocenters. The minimum Gasteiger partial charge on any atom is -0.490 e. The first-order chi connectivity index (χ1) is 12.0. The van der Waals surface area contributed by atoms with Crippen molar-refractivity contribution in [2.75, 3.05) is 7.11 Å². The van der Waals surface area contributed by atoms with Crippen LogP contribution in [0, 0.1) is 15.9 Å². The Morgan fingerprint density at radius 1 is 1.32 bits per heavy atom. The predicted octanol–water partition coefficient (Wildman–Crippen LogP) is 3.55. The van der Waals surface area contributed by atoms with E-state index in [9.17, 15) is 19.3 Å². The minimum absolute atomic E-state index is 0.0354. The lowest BCUT2D eigenvalue weighted by Gasteiger charge is -2.23. The molecule has 2 aromatic rings. The predicted molar refractivity (Wildman–Crippen MR) is 88.9 cm³/mol. The van der Waals surface area contributed by atoms with Crippen molar-refractivity contribution in [1.29, 1.82) is 0 Å². The van der Waals surface area contributed by atoms with Crippen molar-refractivity contribution in [3.8, 4) is 5.75 Å². The molecule has 0 bridgehead atoms. The summed E-state index contributed by atoms with van der Waals surface area (Å²) >= 11 is 0. The average molecular weight is 344 g/mol. The summed E-state index contributed by atoms with van der Waals surface area (Å²) in [7, 11) is 1.33. The van der Waals surface area contributed by atoms with Gasteiger partial charge in [-0.05, 0) is 31.0 Å². The molecule has 0 atom stereocenters. The molecule has 1 amide bonds. The fraction of sp³-hybridized carbons (Fsp3) is 0.278. The van der Waals surface area contributed by atoms with E-state index in [2.05, 4.69) is 0 Å². The Morgan fingerprint density at radius 2 is 2.04 bits per heavy atom. The second-order valence-electron chi connectivity index (χ2n) is 5.90. The van der Waals surface area contributed by atoms with Gasteiger partial charge in [0.1, 0.15) is 5.82 Å². The number of rotatable bonds is 6. The van der Waals surface area contributed by atoms with Crippen LogP contribution >= 0.6 is 0 Å². The van der Waals surface area contributed by atoms with Crippen molar-refractivity contribution < 1.29 is 18.8 Å². The molecular weight excluding hydrogens is 327 g/mol. The van der Waals surface area contributed by atoms with Crippen molar-refractivity contribution in [2.24, 2.45) is 0 Å². The molecule has 0 aliphatic heterocycles. The summed E-state index contributed by atoms with van der Waals surface area (Å²) in [4.78, 5) is 25.0. The van der Waals surface area contributed by atoms with E-state index in [1.54, 1.807) is 23.1 Å². The highest BCUT2D eigenvalue weighted by atomic mass is 19.1. The topological polar surface area (TPSA) is 72.7 Å². The maximum absolute atomic E-state index is 13.9. The zero-order chi connectivity index (χ0) is 18.0. The van der Waals surface area contributed by atoms with E-state index in [0.29, 0.717) is 5.56 Å². The number of amides is 1. The zero-order valence-corrected chi connectivity index (χ0v) is 13.6. The van der Waals surface area contributed by atoms with Gasteiger partial charge >= 0.3 is 5.69 Å². The number of ether oxygens (including phenoxy) is 1. The minimum atomic E-state index is -0.589. The van der Waals surface area contributed by atoms with Crippen LogP contribution in [0.5, 0.6) is 5.75 Å². The lowest BCUT2D eigenvalue weighted by atomic mass is 10.1. The van der Waals surface area contributed by atoms with Gasteiger partial charge in [-0.25, -0.2) is 4.39 Å². The van der Waals surface area contributed by atoms with Gasteiger partial charge in [0.05, 0.1) is 12.0 Å². The zero-order valence-electron chi connectivity index (χ0n) is 13.6. The monoisotopic (exact) mass is 344 g/mol. The van der Waals surface area contributed by atoms with Crippen molar-refractivity contribution in [2.45, 2.75) is 25.4 Å². The van der Waals surface area contributed by atoms with Crippen LogP contribution in [0.1, 0.15) is 28.8 Å². The van der Waals surface area contributed by atoms with Gasteiger partial charge in [0.25, 0.3) is 5.91 Å². The van der Waals surface area contributed by atoms with Crippen molar-refractivity contribution >= 4 is 11.6 Å². The van der Waals surface area contributed by atoms with Crippen LogP contribution < -0.4 is 4.74 Å². The van der Waals surface area contributed by atoms with Gasteiger partial charge in [-0.2, -0.15) is 0 Å². The highest BCUT2D eigenvalue weighted by Gasteiger charge is 2.34. The second kappa shape index (κ2) is 6.88. The van der Waals surface area contributed by atoms with E-state index in [-0.39, 0.29) is 41.3 Å². The van der Waals surface area contributed by atoms with Crippen molar-refractivity contribution in [1.82, 2.24) is 4.90 Å². The van der Waals surface area contributed by atoms with E-state index in [1.807, 2.05) is 0 Å². The quantitative estimate of drug-likeness (QED) is 0.593. The molecule has 0 radical (unpaired) electrons. The molecular formula is C18H17FN2O4. The van der Waals surface area contributed by atoms with Crippen molar-refractivity contribution in [3.63, 3.8) is 0 Å². The van der Waals surface area contributed by atoms with E-state index < -0.39 is 4.92 Å². The Balaban J connectivity index is 1.90. The largest absolute Gasteiger partial charge is 0.490 e. The number of benzene rings is 2. The molecule has 6 nitrogen and oxygen atoms in total. The molecule has 1 saturated carbocycles. The molecule has 1 fully saturated rings. The summed E-state index contributed by atoms with van der Waals surface area (Å²) in [5.74, 6) is -0.633. The summed E-state index contributed by atoms with van der Waals surface area (Å²) in [6, 6.07) is 10.4.